The highest BCUT2D eigenvalue weighted by atomic mass is 16.6. The maximum Gasteiger partial charge on any atom is 0.347 e. The Hall–Kier alpha value is -3.08. The van der Waals surface area contributed by atoms with Crippen molar-refractivity contribution in [1.82, 2.24) is 0 Å². The Morgan fingerprint density at radius 2 is 1.85 bits per heavy atom. The van der Waals surface area contributed by atoms with Crippen molar-refractivity contribution in [2.24, 2.45) is 0 Å². The molecule has 140 valence electrons. The molecule has 5 nitrogen and oxygen atoms in total. The van der Waals surface area contributed by atoms with Crippen molar-refractivity contribution in [3.8, 4) is 16.9 Å². The van der Waals surface area contributed by atoms with Crippen molar-refractivity contribution < 1.29 is 18.7 Å². The highest BCUT2D eigenvalue weighted by Gasteiger charge is 2.19. The largest absolute Gasteiger partial charge is 0.479 e. The Kier molecular flexibility index (Phi) is 5.60. The molecule has 0 N–H and O–H groups in total. The second-order valence-corrected chi connectivity index (χ2v) is 6.42. The Bertz CT molecular complexity index is 991. The van der Waals surface area contributed by atoms with Crippen molar-refractivity contribution in [2.45, 2.75) is 39.4 Å². The number of esters is 1. The van der Waals surface area contributed by atoms with E-state index in [-0.39, 0.29) is 11.5 Å². The molecule has 27 heavy (non-hydrogen) atoms. The first kappa shape index (κ1) is 18.7. The van der Waals surface area contributed by atoms with E-state index in [1.165, 1.54) is 6.26 Å². The molecular weight excluding hydrogens is 344 g/mol. The van der Waals surface area contributed by atoms with Gasteiger partial charge in [0.1, 0.15) is 17.6 Å². The van der Waals surface area contributed by atoms with E-state index in [1.807, 2.05) is 44.2 Å². The molecule has 0 saturated carbocycles. The van der Waals surface area contributed by atoms with Crippen molar-refractivity contribution in [3.05, 3.63) is 65.0 Å². The van der Waals surface area contributed by atoms with Gasteiger partial charge in [0.15, 0.2) is 11.5 Å². The molecule has 1 aromatic heterocycles. The molecule has 0 radical (unpaired) electrons. The second kappa shape index (κ2) is 8.08. The van der Waals surface area contributed by atoms with Crippen LogP contribution in [0.1, 0.15) is 27.2 Å². The average molecular weight is 366 g/mol. The van der Waals surface area contributed by atoms with E-state index in [0.717, 1.165) is 12.0 Å². The molecule has 3 rings (SSSR count). The second-order valence-electron chi connectivity index (χ2n) is 6.42. The first-order valence-electron chi connectivity index (χ1n) is 8.97. The van der Waals surface area contributed by atoms with E-state index >= 15 is 0 Å². The molecule has 0 bridgehead atoms. The molecule has 1 heterocycles. The SMILES string of the molecule is CC[C@@H](C)OC(=O)[C@H](C)Oc1ccc2c(=O)c(-c3ccccc3)coc2c1. The third kappa shape index (κ3) is 4.19. The number of carbonyl (C=O) groups is 1. The van der Waals surface area contributed by atoms with Crippen LogP contribution in [0.3, 0.4) is 0 Å². The minimum Gasteiger partial charge on any atom is -0.479 e. The van der Waals surface area contributed by atoms with Gasteiger partial charge in [-0.2, -0.15) is 0 Å². The van der Waals surface area contributed by atoms with Crippen LogP contribution < -0.4 is 10.2 Å². The molecular formula is C22H22O5. The summed E-state index contributed by atoms with van der Waals surface area (Å²) >= 11 is 0. The predicted molar refractivity (Wildman–Crippen MR) is 104 cm³/mol. The van der Waals surface area contributed by atoms with Gasteiger partial charge < -0.3 is 13.9 Å². The topological polar surface area (TPSA) is 65.7 Å². The molecule has 0 spiro atoms. The number of fused-ring (bicyclic) bond motifs is 1. The van der Waals surface area contributed by atoms with Gasteiger partial charge in [-0.15, -0.1) is 0 Å². The zero-order valence-electron chi connectivity index (χ0n) is 15.6. The molecule has 0 amide bonds. The number of ether oxygens (including phenoxy) is 2. The van der Waals surface area contributed by atoms with E-state index in [4.69, 9.17) is 13.9 Å². The minimum atomic E-state index is -0.758. The van der Waals surface area contributed by atoms with Crippen LogP contribution in [-0.2, 0) is 9.53 Å². The molecule has 3 aromatic rings. The van der Waals surface area contributed by atoms with E-state index in [1.54, 1.807) is 25.1 Å². The van der Waals surface area contributed by atoms with Gasteiger partial charge >= 0.3 is 5.97 Å². The lowest BCUT2D eigenvalue weighted by Gasteiger charge is -2.17. The summed E-state index contributed by atoms with van der Waals surface area (Å²) in [5.41, 5.74) is 1.59. The smallest absolute Gasteiger partial charge is 0.347 e. The third-order valence-electron chi connectivity index (χ3n) is 4.37. The molecule has 5 heteroatoms. The zero-order chi connectivity index (χ0) is 19.4. The summed E-state index contributed by atoms with van der Waals surface area (Å²) < 4.78 is 16.6. The van der Waals surface area contributed by atoms with Crippen LogP contribution in [0.25, 0.3) is 22.1 Å². The van der Waals surface area contributed by atoms with Crippen molar-refractivity contribution in [3.63, 3.8) is 0 Å². The standard InChI is InChI=1S/C22H22O5/c1-4-14(2)26-22(24)15(3)27-17-10-11-18-20(12-17)25-13-19(21(18)23)16-8-6-5-7-9-16/h5-15H,4H2,1-3H3/t14-,15+/m1/s1. The zero-order valence-corrected chi connectivity index (χ0v) is 15.6. The normalized spacial score (nSPS) is 13.1. The summed E-state index contributed by atoms with van der Waals surface area (Å²) in [5, 5.41) is 0.457. The summed E-state index contributed by atoms with van der Waals surface area (Å²) in [6.45, 7) is 5.40. The van der Waals surface area contributed by atoms with Crippen LogP contribution in [0.2, 0.25) is 0 Å². The van der Waals surface area contributed by atoms with Gasteiger partial charge in [-0.1, -0.05) is 37.3 Å². The van der Waals surface area contributed by atoms with Gasteiger partial charge in [-0.25, -0.2) is 4.79 Å². The van der Waals surface area contributed by atoms with Gasteiger partial charge in [0.25, 0.3) is 0 Å². The van der Waals surface area contributed by atoms with Crippen LogP contribution in [0, 0.1) is 0 Å². The minimum absolute atomic E-state index is 0.113. The summed E-state index contributed by atoms with van der Waals surface area (Å²) in [6.07, 6.45) is 1.27. The first-order valence-corrected chi connectivity index (χ1v) is 8.97. The van der Waals surface area contributed by atoms with Crippen LogP contribution in [-0.4, -0.2) is 18.2 Å². The first-order chi connectivity index (χ1) is 13.0. The molecule has 0 aliphatic heterocycles. The number of benzene rings is 2. The summed E-state index contributed by atoms with van der Waals surface area (Å²) in [4.78, 5) is 24.8. The maximum atomic E-state index is 12.8. The Morgan fingerprint density at radius 3 is 2.56 bits per heavy atom. The van der Waals surface area contributed by atoms with Gasteiger partial charge in [-0.3, -0.25) is 4.79 Å². The van der Waals surface area contributed by atoms with Gasteiger partial charge in [0.05, 0.1) is 17.1 Å². The number of carbonyl (C=O) groups excluding carboxylic acids is 1. The quantitative estimate of drug-likeness (QED) is 0.598. The monoisotopic (exact) mass is 366 g/mol. The lowest BCUT2D eigenvalue weighted by molar-refractivity contribution is -0.155. The van der Waals surface area contributed by atoms with Gasteiger partial charge in [0, 0.05) is 6.07 Å². The lowest BCUT2D eigenvalue weighted by Crippen LogP contribution is -2.29. The third-order valence-corrected chi connectivity index (χ3v) is 4.37. The van der Waals surface area contributed by atoms with Crippen molar-refractivity contribution in [1.29, 1.82) is 0 Å². The maximum absolute atomic E-state index is 12.8. The summed E-state index contributed by atoms with van der Waals surface area (Å²) in [7, 11) is 0. The van der Waals surface area contributed by atoms with E-state index in [0.29, 0.717) is 22.3 Å². The fourth-order valence-corrected chi connectivity index (χ4v) is 2.63. The molecule has 2 aromatic carbocycles. The van der Waals surface area contributed by atoms with Crippen LogP contribution >= 0.6 is 0 Å². The summed E-state index contributed by atoms with van der Waals surface area (Å²) in [5.74, 6) is 0.0111. The van der Waals surface area contributed by atoms with Crippen LogP contribution in [0.15, 0.2) is 64.0 Å². The molecule has 2 atom stereocenters. The predicted octanol–water partition coefficient (Wildman–Crippen LogP) is 4.57. The Morgan fingerprint density at radius 1 is 1.11 bits per heavy atom. The molecule has 0 saturated heterocycles. The van der Waals surface area contributed by atoms with Crippen molar-refractivity contribution >= 4 is 16.9 Å². The fraction of sp³-hybridized carbons (Fsp3) is 0.273. The highest BCUT2D eigenvalue weighted by molar-refractivity contribution is 5.82. The molecule has 0 aliphatic rings. The van der Waals surface area contributed by atoms with Gasteiger partial charge in [-0.05, 0) is 38.0 Å². The highest BCUT2D eigenvalue weighted by Crippen LogP contribution is 2.23. The van der Waals surface area contributed by atoms with Gasteiger partial charge in [0.2, 0.25) is 0 Å². The van der Waals surface area contributed by atoms with Crippen molar-refractivity contribution in [2.75, 3.05) is 0 Å². The Labute approximate surface area is 157 Å². The number of hydrogen-bond donors (Lipinski definition) is 0. The average Bonchev–Trinajstić information content (AvgIpc) is 2.68. The van der Waals surface area contributed by atoms with Crippen LogP contribution in [0.4, 0.5) is 0 Å². The fourth-order valence-electron chi connectivity index (χ4n) is 2.63. The van der Waals surface area contributed by atoms with Crippen LogP contribution in [0.5, 0.6) is 5.75 Å². The number of hydrogen-bond acceptors (Lipinski definition) is 5. The number of rotatable bonds is 6. The lowest BCUT2D eigenvalue weighted by atomic mass is 10.1. The molecule has 0 aliphatic carbocycles. The summed E-state index contributed by atoms with van der Waals surface area (Å²) in [6, 6.07) is 14.3. The Balaban J connectivity index is 1.84. The van der Waals surface area contributed by atoms with E-state index in [2.05, 4.69) is 0 Å². The molecule has 0 fully saturated rings. The van der Waals surface area contributed by atoms with E-state index in [9.17, 15) is 9.59 Å². The molecule has 0 unspecified atom stereocenters. The van der Waals surface area contributed by atoms with E-state index < -0.39 is 12.1 Å².